The maximum atomic E-state index is 13.1. The van der Waals surface area contributed by atoms with E-state index in [1.165, 1.54) is 24.2 Å². The Morgan fingerprint density at radius 3 is 2.60 bits per heavy atom. The van der Waals surface area contributed by atoms with E-state index < -0.39 is 5.60 Å². The molecule has 0 spiro atoms. The minimum atomic E-state index is -1.14. The Bertz CT molecular complexity index is 1440. The number of carbonyl (C=O) groups is 1. The quantitative estimate of drug-likeness (QED) is 0.458. The van der Waals surface area contributed by atoms with Gasteiger partial charge in [-0.15, -0.1) is 0 Å². The summed E-state index contributed by atoms with van der Waals surface area (Å²) >= 11 is 6.16. The molecular weight excluding hydrogens is 470 g/mol. The Kier molecular flexibility index (Phi) is 6.04. The van der Waals surface area contributed by atoms with Crippen molar-refractivity contribution in [3.05, 3.63) is 82.0 Å². The fourth-order valence-corrected chi connectivity index (χ4v) is 4.66. The van der Waals surface area contributed by atoms with Gasteiger partial charge in [-0.05, 0) is 43.2 Å². The highest BCUT2D eigenvalue weighted by molar-refractivity contribution is 6.32. The van der Waals surface area contributed by atoms with Crippen LogP contribution in [0, 0.1) is 0 Å². The van der Waals surface area contributed by atoms with Crippen LogP contribution in [0.4, 0.5) is 0 Å². The van der Waals surface area contributed by atoms with Crippen LogP contribution in [-0.2, 0) is 6.54 Å². The standard InChI is InChI=1S/C25H24ClN5O4/c1-35-21-8-7-17(13-20(21)26)23(32)29-11-9-25(34,10-12-29)15-30-16-27-22-19(24(30)33)14-28-31(22)18-5-3-2-4-6-18/h2-8,13-14,16,34H,9-12,15H2,1H3. The van der Waals surface area contributed by atoms with Gasteiger partial charge in [-0.2, -0.15) is 5.10 Å². The van der Waals surface area contributed by atoms with Gasteiger partial charge in [-0.25, -0.2) is 9.67 Å². The number of para-hydroxylation sites is 1. The highest BCUT2D eigenvalue weighted by atomic mass is 35.5. The molecule has 1 fully saturated rings. The molecule has 2 aromatic heterocycles. The van der Waals surface area contributed by atoms with E-state index in [-0.39, 0.29) is 18.0 Å². The van der Waals surface area contributed by atoms with Gasteiger partial charge in [0.15, 0.2) is 5.65 Å². The monoisotopic (exact) mass is 493 g/mol. The van der Waals surface area contributed by atoms with Gasteiger partial charge < -0.3 is 14.7 Å². The van der Waals surface area contributed by atoms with Gasteiger partial charge in [0.05, 0.1) is 36.2 Å². The SMILES string of the molecule is COc1ccc(C(=O)N2CCC(O)(Cn3cnc4c(cnn4-c4ccccc4)c3=O)CC2)cc1Cl. The average molecular weight is 494 g/mol. The van der Waals surface area contributed by atoms with Crippen LogP contribution < -0.4 is 10.3 Å². The molecule has 0 bridgehead atoms. The first kappa shape index (κ1) is 23.1. The van der Waals surface area contributed by atoms with Gasteiger partial charge in [0.25, 0.3) is 11.5 Å². The van der Waals surface area contributed by atoms with Gasteiger partial charge in [-0.3, -0.25) is 14.2 Å². The largest absolute Gasteiger partial charge is 0.495 e. The first-order valence-electron chi connectivity index (χ1n) is 11.2. The molecule has 4 aromatic rings. The van der Waals surface area contributed by atoms with Crippen molar-refractivity contribution in [2.75, 3.05) is 20.2 Å². The van der Waals surface area contributed by atoms with E-state index in [1.54, 1.807) is 27.8 Å². The van der Waals surface area contributed by atoms with E-state index in [4.69, 9.17) is 16.3 Å². The zero-order chi connectivity index (χ0) is 24.6. The summed E-state index contributed by atoms with van der Waals surface area (Å²) in [6.07, 6.45) is 3.60. The molecule has 180 valence electrons. The number of ether oxygens (including phenoxy) is 1. The number of nitrogens with zero attached hydrogens (tertiary/aromatic N) is 5. The summed E-state index contributed by atoms with van der Waals surface area (Å²) in [6.45, 7) is 0.798. The molecule has 1 saturated heterocycles. The van der Waals surface area contributed by atoms with Gasteiger partial charge in [0.2, 0.25) is 0 Å². The Balaban J connectivity index is 1.30. The predicted molar refractivity (Wildman–Crippen MR) is 131 cm³/mol. The number of carbonyl (C=O) groups excluding carboxylic acids is 1. The maximum absolute atomic E-state index is 13.1. The van der Waals surface area contributed by atoms with Crippen LogP contribution >= 0.6 is 11.6 Å². The normalized spacial score (nSPS) is 15.3. The Labute approximate surface area is 206 Å². The van der Waals surface area contributed by atoms with Crippen molar-refractivity contribution in [2.45, 2.75) is 25.0 Å². The summed E-state index contributed by atoms with van der Waals surface area (Å²) in [6, 6.07) is 14.4. The van der Waals surface area contributed by atoms with Crippen molar-refractivity contribution < 1.29 is 14.6 Å². The fourth-order valence-electron chi connectivity index (χ4n) is 4.40. The van der Waals surface area contributed by atoms with Crippen molar-refractivity contribution in [1.29, 1.82) is 0 Å². The van der Waals surface area contributed by atoms with Crippen molar-refractivity contribution in [3.63, 3.8) is 0 Å². The number of likely N-dealkylation sites (tertiary alicyclic amines) is 1. The summed E-state index contributed by atoms with van der Waals surface area (Å²) in [5, 5.41) is 16.3. The molecule has 0 aliphatic carbocycles. The highest BCUT2D eigenvalue weighted by Crippen LogP contribution is 2.28. The number of aliphatic hydroxyl groups is 1. The Morgan fingerprint density at radius 1 is 1.17 bits per heavy atom. The van der Waals surface area contributed by atoms with Crippen LogP contribution in [0.2, 0.25) is 5.02 Å². The molecule has 1 N–H and O–H groups in total. The lowest BCUT2D eigenvalue weighted by molar-refractivity contribution is -0.0299. The second kappa shape index (κ2) is 9.16. The third kappa shape index (κ3) is 4.40. The zero-order valence-electron chi connectivity index (χ0n) is 19.1. The number of fused-ring (bicyclic) bond motifs is 1. The van der Waals surface area contributed by atoms with Crippen LogP contribution in [0.1, 0.15) is 23.2 Å². The number of methoxy groups -OCH3 is 1. The summed E-state index contributed by atoms with van der Waals surface area (Å²) in [5.41, 5.74) is 0.326. The van der Waals surface area contributed by atoms with Crippen molar-refractivity contribution >= 4 is 28.5 Å². The Hall–Kier alpha value is -3.69. The first-order chi connectivity index (χ1) is 16.9. The number of halogens is 1. The molecule has 5 rings (SSSR count). The summed E-state index contributed by atoms with van der Waals surface area (Å²) in [5.74, 6) is 0.340. The smallest absolute Gasteiger partial charge is 0.264 e. The van der Waals surface area contributed by atoms with E-state index in [2.05, 4.69) is 10.1 Å². The number of hydrogen-bond donors (Lipinski definition) is 1. The molecule has 1 aliphatic rings. The van der Waals surface area contributed by atoms with Crippen LogP contribution in [0.3, 0.4) is 0 Å². The molecule has 9 nitrogen and oxygen atoms in total. The number of amides is 1. The summed E-state index contributed by atoms with van der Waals surface area (Å²) in [4.78, 5) is 32.1. The molecule has 10 heteroatoms. The van der Waals surface area contributed by atoms with Crippen LogP contribution in [0.25, 0.3) is 16.7 Å². The topological polar surface area (TPSA) is 102 Å². The molecule has 1 amide bonds. The second-order valence-electron chi connectivity index (χ2n) is 8.67. The number of piperidine rings is 1. The summed E-state index contributed by atoms with van der Waals surface area (Å²) in [7, 11) is 1.52. The van der Waals surface area contributed by atoms with E-state index in [0.717, 1.165) is 5.69 Å². The van der Waals surface area contributed by atoms with Crippen LogP contribution in [0.15, 0.2) is 65.8 Å². The third-order valence-corrected chi connectivity index (χ3v) is 6.70. The van der Waals surface area contributed by atoms with Gasteiger partial charge >= 0.3 is 0 Å². The van der Waals surface area contributed by atoms with Gasteiger partial charge in [-0.1, -0.05) is 29.8 Å². The lowest BCUT2D eigenvalue weighted by Gasteiger charge is -2.38. The lowest BCUT2D eigenvalue weighted by atomic mass is 9.91. The third-order valence-electron chi connectivity index (χ3n) is 6.40. The average Bonchev–Trinajstić information content (AvgIpc) is 3.31. The number of rotatable bonds is 5. The van der Waals surface area contributed by atoms with Crippen molar-refractivity contribution in [1.82, 2.24) is 24.2 Å². The van der Waals surface area contributed by atoms with Gasteiger partial charge in [0.1, 0.15) is 17.5 Å². The number of hydrogen-bond acceptors (Lipinski definition) is 6. The molecule has 0 saturated carbocycles. The molecule has 0 atom stereocenters. The molecule has 0 unspecified atom stereocenters. The van der Waals surface area contributed by atoms with Crippen LogP contribution in [-0.4, -0.2) is 61.0 Å². The minimum Gasteiger partial charge on any atom is -0.495 e. The highest BCUT2D eigenvalue weighted by Gasteiger charge is 2.35. The molecule has 35 heavy (non-hydrogen) atoms. The van der Waals surface area contributed by atoms with Crippen LogP contribution in [0.5, 0.6) is 5.75 Å². The van der Waals surface area contributed by atoms with Crippen molar-refractivity contribution in [2.24, 2.45) is 0 Å². The Morgan fingerprint density at radius 2 is 1.91 bits per heavy atom. The minimum absolute atomic E-state index is 0.0850. The summed E-state index contributed by atoms with van der Waals surface area (Å²) < 4.78 is 8.17. The van der Waals surface area contributed by atoms with Crippen molar-refractivity contribution in [3.8, 4) is 11.4 Å². The molecule has 2 aromatic carbocycles. The van der Waals surface area contributed by atoms with E-state index in [1.807, 2.05) is 30.3 Å². The molecule has 0 radical (unpaired) electrons. The van der Waals surface area contributed by atoms with Gasteiger partial charge in [0, 0.05) is 18.7 Å². The van der Waals surface area contributed by atoms with E-state index in [9.17, 15) is 14.7 Å². The number of benzene rings is 2. The second-order valence-corrected chi connectivity index (χ2v) is 9.08. The lowest BCUT2D eigenvalue weighted by Crippen LogP contribution is -2.49. The zero-order valence-corrected chi connectivity index (χ0v) is 19.9. The maximum Gasteiger partial charge on any atom is 0.264 e. The first-order valence-corrected chi connectivity index (χ1v) is 11.6. The molecule has 3 heterocycles. The van der Waals surface area contributed by atoms with E-state index in [0.29, 0.717) is 53.3 Å². The molecule has 1 aliphatic heterocycles. The predicted octanol–water partition coefficient (Wildman–Crippen LogP) is 2.91. The molecular formula is C25H24ClN5O4. The van der Waals surface area contributed by atoms with E-state index >= 15 is 0 Å². The number of aromatic nitrogens is 4. The fraction of sp³-hybridized carbons (Fsp3) is 0.280.